The summed E-state index contributed by atoms with van der Waals surface area (Å²) in [6, 6.07) is 0.827. The lowest BCUT2D eigenvalue weighted by Gasteiger charge is -2.37. The average molecular weight is 212 g/mol. The summed E-state index contributed by atoms with van der Waals surface area (Å²) in [6.07, 6.45) is 5.64. The van der Waals surface area contributed by atoms with Crippen molar-refractivity contribution in [1.29, 1.82) is 0 Å². The molecule has 0 radical (unpaired) electrons. The minimum absolute atomic E-state index is 0.641. The van der Waals surface area contributed by atoms with Crippen LogP contribution >= 0.6 is 0 Å². The molecule has 0 spiro atoms. The highest BCUT2D eigenvalue weighted by Crippen LogP contribution is 2.27. The topological polar surface area (TPSA) is 29.3 Å². The van der Waals surface area contributed by atoms with Crippen LogP contribution in [0, 0.1) is 11.8 Å². The summed E-state index contributed by atoms with van der Waals surface area (Å²) in [5.41, 5.74) is 5.71. The molecule has 0 aromatic carbocycles. The Labute approximate surface area is 95.2 Å². The van der Waals surface area contributed by atoms with Gasteiger partial charge in [0.15, 0.2) is 0 Å². The van der Waals surface area contributed by atoms with E-state index in [4.69, 9.17) is 5.73 Å². The SMILES string of the molecule is CCN(CC(C)CN)C1CCCC(C)C1. The van der Waals surface area contributed by atoms with Crippen molar-refractivity contribution in [3.8, 4) is 0 Å². The second kappa shape index (κ2) is 6.49. The van der Waals surface area contributed by atoms with E-state index in [0.717, 1.165) is 18.5 Å². The Balaban J connectivity index is 2.42. The molecule has 2 heteroatoms. The standard InChI is InChI=1S/C13H28N2/c1-4-15(10-12(3)9-14)13-7-5-6-11(2)8-13/h11-13H,4-10,14H2,1-3H3. The molecule has 1 rings (SSSR count). The molecule has 15 heavy (non-hydrogen) atoms. The monoisotopic (exact) mass is 212 g/mol. The van der Waals surface area contributed by atoms with Gasteiger partial charge in [-0.15, -0.1) is 0 Å². The van der Waals surface area contributed by atoms with Gasteiger partial charge in [-0.2, -0.15) is 0 Å². The van der Waals surface area contributed by atoms with Crippen LogP contribution in [0.15, 0.2) is 0 Å². The molecule has 1 saturated carbocycles. The Kier molecular flexibility index (Phi) is 5.62. The molecule has 0 aromatic heterocycles. The molecule has 1 aliphatic rings. The van der Waals surface area contributed by atoms with Gasteiger partial charge in [0.05, 0.1) is 0 Å². The number of nitrogens with zero attached hydrogens (tertiary/aromatic N) is 1. The van der Waals surface area contributed by atoms with Crippen molar-refractivity contribution in [2.24, 2.45) is 17.6 Å². The molecule has 2 nitrogen and oxygen atoms in total. The summed E-state index contributed by atoms with van der Waals surface area (Å²) in [4.78, 5) is 2.65. The molecule has 0 amide bonds. The highest BCUT2D eigenvalue weighted by molar-refractivity contribution is 4.79. The first-order valence-corrected chi connectivity index (χ1v) is 6.61. The highest BCUT2D eigenvalue weighted by atomic mass is 15.2. The van der Waals surface area contributed by atoms with Crippen molar-refractivity contribution in [3.63, 3.8) is 0 Å². The number of rotatable bonds is 5. The molecule has 90 valence electrons. The van der Waals surface area contributed by atoms with Crippen molar-refractivity contribution in [2.45, 2.75) is 52.5 Å². The summed E-state index contributed by atoms with van der Waals surface area (Å²) in [6.45, 7) is 10.1. The Hall–Kier alpha value is -0.0800. The molecule has 1 fully saturated rings. The van der Waals surface area contributed by atoms with Crippen molar-refractivity contribution < 1.29 is 0 Å². The number of hydrogen-bond acceptors (Lipinski definition) is 2. The smallest absolute Gasteiger partial charge is 0.00978 e. The van der Waals surface area contributed by atoms with Crippen LogP contribution in [0.5, 0.6) is 0 Å². The van der Waals surface area contributed by atoms with E-state index in [0.29, 0.717) is 5.92 Å². The maximum atomic E-state index is 5.71. The number of hydrogen-bond donors (Lipinski definition) is 1. The normalized spacial score (nSPS) is 29.4. The van der Waals surface area contributed by atoms with Crippen LogP contribution in [0.2, 0.25) is 0 Å². The first kappa shape index (κ1) is 13.0. The highest BCUT2D eigenvalue weighted by Gasteiger charge is 2.24. The Morgan fingerprint density at radius 1 is 1.40 bits per heavy atom. The summed E-state index contributed by atoms with van der Waals surface area (Å²) in [5.74, 6) is 1.56. The van der Waals surface area contributed by atoms with Crippen LogP contribution in [0.3, 0.4) is 0 Å². The predicted octanol–water partition coefficient (Wildman–Crippen LogP) is 2.48. The third-order valence-electron chi connectivity index (χ3n) is 3.78. The predicted molar refractivity (Wildman–Crippen MR) is 66.9 cm³/mol. The Bertz CT molecular complexity index is 170. The number of nitrogens with two attached hydrogens (primary N) is 1. The second-order valence-electron chi connectivity index (χ2n) is 5.35. The molecule has 0 aliphatic heterocycles. The van der Waals surface area contributed by atoms with Crippen LogP contribution in [0.25, 0.3) is 0 Å². The van der Waals surface area contributed by atoms with Gasteiger partial charge in [0, 0.05) is 12.6 Å². The molecule has 0 saturated heterocycles. The second-order valence-corrected chi connectivity index (χ2v) is 5.35. The summed E-state index contributed by atoms with van der Waals surface area (Å²) < 4.78 is 0. The lowest BCUT2D eigenvalue weighted by Crippen LogP contribution is -2.41. The van der Waals surface area contributed by atoms with Gasteiger partial charge in [-0.05, 0) is 37.8 Å². The van der Waals surface area contributed by atoms with Gasteiger partial charge < -0.3 is 10.6 Å². The fourth-order valence-electron chi connectivity index (χ4n) is 2.74. The zero-order valence-electron chi connectivity index (χ0n) is 10.7. The Morgan fingerprint density at radius 3 is 2.67 bits per heavy atom. The Morgan fingerprint density at radius 2 is 2.13 bits per heavy atom. The lowest BCUT2D eigenvalue weighted by atomic mass is 9.86. The first-order chi connectivity index (χ1) is 7.17. The van der Waals surface area contributed by atoms with Crippen LogP contribution < -0.4 is 5.73 Å². The van der Waals surface area contributed by atoms with Crippen molar-refractivity contribution in [2.75, 3.05) is 19.6 Å². The minimum Gasteiger partial charge on any atom is -0.330 e. The van der Waals surface area contributed by atoms with Gasteiger partial charge in [0.25, 0.3) is 0 Å². The largest absolute Gasteiger partial charge is 0.330 e. The fraction of sp³-hybridized carbons (Fsp3) is 1.00. The zero-order valence-corrected chi connectivity index (χ0v) is 10.7. The van der Waals surface area contributed by atoms with Crippen molar-refractivity contribution >= 4 is 0 Å². The van der Waals surface area contributed by atoms with E-state index < -0.39 is 0 Å². The molecule has 3 unspecified atom stereocenters. The van der Waals surface area contributed by atoms with E-state index in [1.54, 1.807) is 0 Å². The van der Waals surface area contributed by atoms with Crippen LogP contribution in [0.1, 0.15) is 46.5 Å². The maximum absolute atomic E-state index is 5.71. The zero-order chi connectivity index (χ0) is 11.3. The van der Waals surface area contributed by atoms with E-state index in [1.165, 1.54) is 38.8 Å². The van der Waals surface area contributed by atoms with Gasteiger partial charge in [-0.3, -0.25) is 0 Å². The molecule has 2 N–H and O–H groups in total. The molecular formula is C13H28N2. The summed E-state index contributed by atoms with van der Waals surface area (Å²) >= 11 is 0. The molecular weight excluding hydrogens is 184 g/mol. The summed E-state index contributed by atoms with van der Waals surface area (Å²) in [7, 11) is 0. The van der Waals surface area contributed by atoms with Crippen molar-refractivity contribution in [1.82, 2.24) is 4.90 Å². The van der Waals surface area contributed by atoms with Crippen molar-refractivity contribution in [3.05, 3.63) is 0 Å². The van der Waals surface area contributed by atoms with Gasteiger partial charge >= 0.3 is 0 Å². The molecule has 1 aliphatic carbocycles. The van der Waals surface area contributed by atoms with Crippen LogP contribution in [-0.4, -0.2) is 30.6 Å². The van der Waals surface area contributed by atoms with Crippen LogP contribution in [0.4, 0.5) is 0 Å². The van der Waals surface area contributed by atoms with Gasteiger partial charge in [-0.1, -0.05) is 33.6 Å². The molecule has 0 aromatic rings. The van der Waals surface area contributed by atoms with E-state index in [2.05, 4.69) is 25.7 Å². The lowest BCUT2D eigenvalue weighted by molar-refractivity contribution is 0.125. The summed E-state index contributed by atoms with van der Waals surface area (Å²) in [5, 5.41) is 0. The van der Waals surface area contributed by atoms with Crippen LogP contribution in [-0.2, 0) is 0 Å². The molecule has 3 atom stereocenters. The molecule has 0 bridgehead atoms. The third kappa shape index (κ3) is 4.12. The third-order valence-corrected chi connectivity index (χ3v) is 3.78. The van der Waals surface area contributed by atoms with E-state index >= 15 is 0 Å². The first-order valence-electron chi connectivity index (χ1n) is 6.61. The average Bonchev–Trinajstić information content (AvgIpc) is 2.25. The molecule has 0 heterocycles. The van der Waals surface area contributed by atoms with E-state index in [9.17, 15) is 0 Å². The quantitative estimate of drug-likeness (QED) is 0.758. The fourth-order valence-corrected chi connectivity index (χ4v) is 2.74. The maximum Gasteiger partial charge on any atom is 0.00978 e. The van der Waals surface area contributed by atoms with E-state index in [1.807, 2.05) is 0 Å². The van der Waals surface area contributed by atoms with Gasteiger partial charge in [0.2, 0.25) is 0 Å². The van der Waals surface area contributed by atoms with Gasteiger partial charge in [-0.25, -0.2) is 0 Å². The van der Waals surface area contributed by atoms with E-state index in [-0.39, 0.29) is 0 Å². The minimum atomic E-state index is 0.641. The van der Waals surface area contributed by atoms with Gasteiger partial charge in [0.1, 0.15) is 0 Å².